The van der Waals surface area contributed by atoms with Crippen LogP contribution in [0.25, 0.3) is 0 Å². The fraction of sp³-hybridized carbons (Fsp3) is 0.176. The van der Waals surface area contributed by atoms with E-state index in [0.717, 1.165) is 0 Å². The average molecular weight is 373 g/mol. The number of halogens is 1. The predicted molar refractivity (Wildman–Crippen MR) is 98.5 cm³/mol. The Morgan fingerprint density at radius 2 is 1.69 bits per heavy atom. The molecule has 134 valence electrons. The summed E-state index contributed by atoms with van der Waals surface area (Å²) in [6.45, 7) is 1.73. The fourth-order valence-corrected chi connectivity index (χ4v) is 2.72. The Kier molecular flexibility index (Phi) is 4.77. The molecule has 0 bridgehead atoms. The number of aromatic nitrogens is 4. The fourth-order valence-electron chi connectivity index (χ4n) is 2.48. The van der Waals surface area contributed by atoms with Crippen molar-refractivity contribution in [1.29, 1.82) is 0 Å². The van der Waals surface area contributed by atoms with Crippen molar-refractivity contribution in [3.05, 3.63) is 58.6 Å². The van der Waals surface area contributed by atoms with Gasteiger partial charge in [-0.05, 0) is 31.2 Å². The van der Waals surface area contributed by atoms with Gasteiger partial charge in [0.05, 0.1) is 10.7 Å². The molecule has 9 heteroatoms. The van der Waals surface area contributed by atoms with Crippen molar-refractivity contribution in [2.45, 2.75) is 6.92 Å². The minimum atomic E-state index is -0.383. The lowest BCUT2D eigenvalue weighted by Crippen LogP contribution is -2.17. The smallest absolute Gasteiger partial charge is 0.276 e. The summed E-state index contributed by atoms with van der Waals surface area (Å²) in [5.74, 6) is -0.717. The zero-order valence-corrected chi connectivity index (χ0v) is 15.2. The van der Waals surface area contributed by atoms with Crippen LogP contribution in [-0.2, 0) is 14.1 Å². The highest BCUT2D eigenvalue weighted by Crippen LogP contribution is 2.22. The Labute approximate surface area is 154 Å². The molecule has 2 heterocycles. The van der Waals surface area contributed by atoms with Crippen LogP contribution in [0.15, 0.2) is 36.5 Å². The highest BCUT2D eigenvalue weighted by Gasteiger charge is 2.19. The van der Waals surface area contributed by atoms with Crippen LogP contribution in [0, 0.1) is 6.92 Å². The van der Waals surface area contributed by atoms with Crippen molar-refractivity contribution in [2.24, 2.45) is 14.1 Å². The Hall–Kier alpha value is -3.13. The average Bonchev–Trinajstić information content (AvgIpc) is 3.11. The van der Waals surface area contributed by atoms with E-state index in [4.69, 9.17) is 11.6 Å². The summed E-state index contributed by atoms with van der Waals surface area (Å²) in [6, 6.07) is 8.42. The van der Waals surface area contributed by atoms with Crippen molar-refractivity contribution in [3.8, 4) is 0 Å². The first-order chi connectivity index (χ1) is 12.3. The predicted octanol–water partition coefficient (Wildman–Crippen LogP) is 2.62. The number of aryl methyl sites for hydroxylation is 3. The minimum absolute atomic E-state index is 0.270. The van der Waals surface area contributed by atoms with E-state index in [1.807, 2.05) is 0 Å². The second kappa shape index (κ2) is 7.01. The third-order valence-electron chi connectivity index (χ3n) is 3.69. The summed E-state index contributed by atoms with van der Waals surface area (Å²) in [7, 11) is 3.38. The van der Waals surface area contributed by atoms with Crippen LogP contribution in [0.4, 0.5) is 11.4 Å². The van der Waals surface area contributed by atoms with Gasteiger partial charge in [-0.3, -0.25) is 19.0 Å². The van der Waals surface area contributed by atoms with Gasteiger partial charge in [0.15, 0.2) is 5.69 Å². The van der Waals surface area contributed by atoms with E-state index in [1.165, 1.54) is 4.68 Å². The van der Waals surface area contributed by atoms with Crippen molar-refractivity contribution in [1.82, 2.24) is 19.6 Å². The highest BCUT2D eigenvalue weighted by atomic mass is 35.5. The Bertz CT molecular complexity index is 991. The molecule has 3 rings (SSSR count). The van der Waals surface area contributed by atoms with Crippen LogP contribution in [0.1, 0.15) is 26.7 Å². The number of carbonyl (C=O) groups excluding carboxylic acids is 2. The Balaban J connectivity index is 1.75. The first-order valence-corrected chi connectivity index (χ1v) is 8.14. The first kappa shape index (κ1) is 17.7. The quantitative estimate of drug-likeness (QED) is 0.736. The summed E-state index contributed by atoms with van der Waals surface area (Å²) >= 11 is 6.13. The summed E-state index contributed by atoms with van der Waals surface area (Å²) in [5, 5.41) is 14.0. The van der Waals surface area contributed by atoms with Crippen LogP contribution in [0.5, 0.6) is 0 Å². The molecule has 3 aromatic rings. The largest absolute Gasteiger partial charge is 0.321 e. The van der Waals surface area contributed by atoms with E-state index in [2.05, 4.69) is 20.8 Å². The molecule has 0 aliphatic rings. The maximum Gasteiger partial charge on any atom is 0.276 e. The molecule has 26 heavy (non-hydrogen) atoms. The number of carbonyl (C=O) groups is 2. The highest BCUT2D eigenvalue weighted by molar-refractivity contribution is 6.34. The normalized spacial score (nSPS) is 10.6. The number of benzene rings is 1. The van der Waals surface area contributed by atoms with Crippen LogP contribution in [0.3, 0.4) is 0 Å². The molecule has 2 amide bonds. The lowest BCUT2D eigenvalue weighted by atomic mass is 10.2. The van der Waals surface area contributed by atoms with Gasteiger partial charge in [0.1, 0.15) is 5.69 Å². The van der Waals surface area contributed by atoms with Crippen molar-refractivity contribution in [3.63, 3.8) is 0 Å². The first-order valence-electron chi connectivity index (χ1n) is 7.76. The monoisotopic (exact) mass is 372 g/mol. The van der Waals surface area contributed by atoms with E-state index in [-0.39, 0.29) is 17.5 Å². The van der Waals surface area contributed by atoms with Gasteiger partial charge in [-0.1, -0.05) is 17.7 Å². The molecule has 0 spiro atoms. The molecule has 2 aromatic heterocycles. The molecule has 0 saturated carbocycles. The van der Waals surface area contributed by atoms with Crippen LogP contribution in [-0.4, -0.2) is 31.4 Å². The molecule has 0 atom stereocenters. The van der Waals surface area contributed by atoms with E-state index in [1.54, 1.807) is 62.2 Å². The molecule has 0 aliphatic heterocycles. The number of nitrogens with zero attached hydrogens (tertiary/aromatic N) is 4. The van der Waals surface area contributed by atoms with Gasteiger partial charge >= 0.3 is 0 Å². The summed E-state index contributed by atoms with van der Waals surface area (Å²) in [4.78, 5) is 24.6. The Morgan fingerprint density at radius 3 is 2.23 bits per heavy atom. The molecule has 0 radical (unpaired) electrons. The van der Waals surface area contributed by atoms with Crippen LogP contribution in [0.2, 0.25) is 5.02 Å². The SMILES string of the molecule is Cc1nn(C)c(C(=O)Nc2cccc(NC(=O)c3ccn(C)n3)c2)c1Cl. The van der Waals surface area contributed by atoms with Gasteiger partial charge in [-0.25, -0.2) is 0 Å². The number of rotatable bonds is 4. The molecular weight excluding hydrogens is 356 g/mol. The lowest BCUT2D eigenvalue weighted by molar-refractivity contribution is 0.101. The van der Waals surface area contributed by atoms with Gasteiger partial charge in [0, 0.05) is 31.7 Å². The number of hydrogen-bond acceptors (Lipinski definition) is 4. The molecule has 0 aliphatic carbocycles. The zero-order chi connectivity index (χ0) is 18.8. The van der Waals surface area contributed by atoms with Gasteiger partial charge in [0.2, 0.25) is 0 Å². The number of hydrogen-bond donors (Lipinski definition) is 2. The standard InChI is InChI=1S/C17H17ClN6O2/c1-10-14(18)15(24(3)21-10)17(26)20-12-6-4-5-11(9-12)19-16(25)13-7-8-23(2)22-13/h4-9H,1-3H3,(H,19,25)(H,20,26). The lowest BCUT2D eigenvalue weighted by Gasteiger charge is -2.09. The van der Waals surface area contributed by atoms with Crippen LogP contribution < -0.4 is 10.6 Å². The number of nitrogens with one attached hydrogen (secondary N) is 2. The molecule has 2 N–H and O–H groups in total. The Morgan fingerprint density at radius 1 is 1.04 bits per heavy atom. The van der Waals surface area contributed by atoms with Gasteiger partial charge in [-0.2, -0.15) is 10.2 Å². The topological polar surface area (TPSA) is 93.8 Å². The van der Waals surface area contributed by atoms with Gasteiger partial charge < -0.3 is 10.6 Å². The zero-order valence-electron chi connectivity index (χ0n) is 14.4. The molecular formula is C17H17ClN6O2. The second-order valence-corrected chi connectivity index (χ2v) is 6.11. The summed E-state index contributed by atoms with van der Waals surface area (Å²) in [5.41, 5.74) is 2.20. The molecule has 1 aromatic carbocycles. The third kappa shape index (κ3) is 3.60. The third-order valence-corrected chi connectivity index (χ3v) is 4.14. The minimum Gasteiger partial charge on any atom is -0.321 e. The second-order valence-electron chi connectivity index (χ2n) is 5.74. The maximum absolute atomic E-state index is 12.5. The van der Waals surface area contributed by atoms with Crippen molar-refractivity contribution < 1.29 is 9.59 Å². The summed E-state index contributed by atoms with van der Waals surface area (Å²) in [6.07, 6.45) is 1.69. The van der Waals surface area contributed by atoms with E-state index in [9.17, 15) is 9.59 Å². The van der Waals surface area contributed by atoms with Gasteiger partial charge in [0.25, 0.3) is 11.8 Å². The van der Waals surface area contributed by atoms with E-state index in [0.29, 0.717) is 27.8 Å². The summed E-state index contributed by atoms with van der Waals surface area (Å²) < 4.78 is 2.98. The molecule has 8 nitrogen and oxygen atoms in total. The van der Waals surface area contributed by atoms with Crippen LogP contribution >= 0.6 is 11.6 Å². The molecule has 0 fully saturated rings. The number of anilines is 2. The van der Waals surface area contributed by atoms with Crippen molar-refractivity contribution in [2.75, 3.05) is 10.6 Å². The molecule has 0 unspecified atom stereocenters. The van der Waals surface area contributed by atoms with E-state index >= 15 is 0 Å². The van der Waals surface area contributed by atoms with Gasteiger partial charge in [-0.15, -0.1) is 0 Å². The van der Waals surface area contributed by atoms with Crippen molar-refractivity contribution >= 4 is 34.8 Å². The number of amides is 2. The molecule has 0 saturated heterocycles. The maximum atomic E-state index is 12.5. The van der Waals surface area contributed by atoms with E-state index < -0.39 is 0 Å².